The maximum absolute atomic E-state index is 11.7. The zero-order chi connectivity index (χ0) is 14.1. The second-order valence-corrected chi connectivity index (χ2v) is 3.71. The lowest BCUT2D eigenvalue weighted by Gasteiger charge is -2.18. The van der Waals surface area contributed by atoms with Gasteiger partial charge in [0.15, 0.2) is 0 Å². The maximum Gasteiger partial charge on any atom is 0.323 e. The molecule has 2 N–H and O–H groups in total. The molecule has 1 heterocycles. The van der Waals surface area contributed by atoms with Crippen molar-refractivity contribution in [1.29, 1.82) is 0 Å². The minimum absolute atomic E-state index is 0.0405. The molecule has 1 aromatic heterocycles. The summed E-state index contributed by atoms with van der Waals surface area (Å²) in [4.78, 5) is 23.3. The largest absolute Gasteiger partial charge is 0.480 e. The van der Waals surface area contributed by atoms with Gasteiger partial charge < -0.3 is 15.3 Å². The Morgan fingerprint density at radius 3 is 2.89 bits per heavy atom. The number of nitrogens with one attached hydrogen (secondary N) is 1. The summed E-state index contributed by atoms with van der Waals surface area (Å²) in [5.74, 6) is 1.14. The van der Waals surface area contributed by atoms with Gasteiger partial charge in [-0.15, -0.1) is 11.5 Å². The number of aliphatic carboxylic acids is 1. The van der Waals surface area contributed by atoms with Crippen LogP contribution >= 0.6 is 0 Å². The number of urea groups is 1. The fourth-order valence-corrected chi connectivity index (χ4v) is 1.37. The number of rotatable bonds is 7. The van der Waals surface area contributed by atoms with Crippen LogP contribution in [0.1, 0.15) is 6.42 Å². The monoisotopic (exact) mass is 265 g/mol. The first-order valence-corrected chi connectivity index (χ1v) is 5.65. The van der Waals surface area contributed by atoms with E-state index < -0.39 is 18.5 Å². The van der Waals surface area contributed by atoms with E-state index in [0.29, 0.717) is 19.5 Å². The van der Waals surface area contributed by atoms with Crippen LogP contribution in [-0.2, 0) is 11.3 Å². The first kappa shape index (κ1) is 14.5. The van der Waals surface area contributed by atoms with Crippen LogP contribution in [0.2, 0.25) is 0 Å². The van der Waals surface area contributed by atoms with Gasteiger partial charge in [0.1, 0.15) is 6.54 Å². The van der Waals surface area contributed by atoms with Crippen molar-refractivity contribution in [2.45, 2.75) is 13.0 Å². The smallest absolute Gasteiger partial charge is 0.323 e. The minimum Gasteiger partial charge on any atom is -0.480 e. The first-order valence-electron chi connectivity index (χ1n) is 5.65. The number of aryl methyl sites for hydroxylation is 1. The molecule has 1 rings (SSSR count). The summed E-state index contributed by atoms with van der Waals surface area (Å²) in [6.07, 6.45) is 9.03. The second kappa shape index (κ2) is 7.71. The van der Waals surface area contributed by atoms with E-state index >= 15 is 0 Å². The quantitative estimate of drug-likeness (QED) is 0.506. The average Bonchev–Trinajstić information content (AvgIpc) is 2.86. The zero-order valence-electron chi connectivity index (χ0n) is 10.3. The normalized spacial score (nSPS) is 9.63. The summed E-state index contributed by atoms with van der Waals surface area (Å²) in [5, 5.41) is 18.7. The second-order valence-electron chi connectivity index (χ2n) is 3.71. The van der Waals surface area contributed by atoms with Crippen LogP contribution in [0.25, 0.3) is 0 Å². The number of carbonyl (C=O) groups excluding carboxylic acids is 1. The van der Waals surface area contributed by atoms with E-state index in [-0.39, 0.29) is 6.54 Å². The molecular weight excluding hydrogens is 250 g/mol. The molecule has 1 aromatic rings. The van der Waals surface area contributed by atoms with E-state index in [2.05, 4.69) is 21.5 Å². The number of carbonyl (C=O) groups is 2. The van der Waals surface area contributed by atoms with Crippen LogP contribution < -0.4 is 5.32 Å². The molecule has 0 aliphatic heterocycles. The number of carboxylic acids is 1. The maximum atomic E-state index is 11.7. The third-order valence-electron chi connectivity index (χ3n) is 2.21. The van der Waals surface area contributed by atoms with Crippen molar-refractivity contribution in [3.8, 4) is 12.3 Å². The summed E-state index contributed by atoms with van der Waals surface area (Å²) < 4.78 is 1.64. The highest BCUT2D eigenvalue weighted by atomic mass is 16.4. The molecule has 8 nitrogen and oxygen atoms in total. The fraction of sp³-hybridized carbons (Fsp3) is 0.455. The van der Waals surface area contributed by atoms with E-state index in [1.165, 1.54) is 0 Å². The Balaban J connectivity index is 2.27. The lowest BCUT2D eigenvalue weighted by molar-refractivity contribution is -0.137. The number of nitrogens with zero attached hydrogens (tertiary/aromatic N) is 4. The van der Waals surface area contributed by atoms with Gasteiger partial charge in [-0.3, -0.25) is 9.48 Å². The molecule has 0 fully saturated rings. The third-order valence-corrected chi connectivity index (χ3v) is 2.21. The lowest BCUT2D eigenvalue weighted by Crippen LogP contribution is -2.43. The van der Waals surface area contributed by atoms with Crippen LogP contribution in [0.3, 0.4) is 0 Å². The van der Waals surface area contributed by atoms with Gasteiger partial charge in [-0.25, -0.2) is 4.79 Å². The van der Waals surface area contributed by atoms with Crippen LogP contribution in [0.4, 0.5) is 4.79 Å². The molecule has 0 saturated carbocycles. The Morgan fingerprint density at radius 1 is 1.53 bits per heavy atom. The molecule has 19 heavy (non-hydrogen) atoms. The number of terminal acetylenes is 1. The number of aromatic nitrogens is 3. The predicted octanol–water partition coefficient (Wildman–Crippen LogP) is -0.602. The molecule has 0 unspecified atom stereocenters. The summed E-state index contributed by atoms with van der Waals surface area (Å²) in [7, 11) is 0. The summed E-state index contributed by atoms with van der Waals surface area (Å²) in [6.45, 7) is 0.564. The van der Waals surface area contributed by atoms with Gasteiger partial charge in [-0.2, -0.15) is 0 Å². The third kappa shape index (κ3) is 5.54. The number of amides is 2. The van der Waals surface area contributed by atoms with Gasteiger partial charge in [-0.1, -0.05) is 11.1 Å². The predicted molar refractivity (Wildman–Crippen MR) is 66.1 cm³/mol. The van der Waals surface area contributed by atoms with E-state index in [1.54, 1.807) is 17.1 Å². The zero-order valence-corrected chi connectivity index (χ0v) is 10.3. The molecule has 0 saturated heterocycles. The summed E-state index contributed by atoms with van der Waals surface area (Å²) >= 11 is 0. The molecule has 102 valence electrons. The summed E-state index contributed by atoms with van der Waals surface area (Å²) in [6, 6.07) is -0.487. The van der Waals surface area contributed by atoms with Crippen LogP contribution in [0.5, 0.6) is 0 Å². The van der Waals surface area contributed by atoms with Gasteiger partial charge in [0, 0.05) is 19.3 Å². The molecule has 0 radical (unpaired) electrons. The Bertz CT molecular complexity index is 451. The van der Waals surface area contributed by atoms with Crippen LogP contribution in [-0.4, -0.2) is 56.6 Å². The van der Waals surface area contributed by atoms with Crippen molar-refractivity contribution in [2.24, 2.45) is 0 Å². The van der Waals surface area contributed by atoms with Crippen molar-refractivity contribution >= 4 is 12.0 Å². The van der Waals surface area contributed by atoms with Crippen LogP contribution in [0, 0.1) is 12.3 Å². The Kier molecular flexibility index (Phi) is 5.88. The Hall–Kier alpha value is -2.56. The fourth-order valence-electron chi connectivity index (χ4n) is 1.37. The number of hydrogen-bond donors (Lipinski definition) is 2. The summed E-state index contributed by atoms with van der Waals surface area (Å²) in [5.41, 5.74) is 0. The molecule has 2 amide bonds. The highest BCUT2D eigenvalue weighted by Crippen LogP contribution is 1.91. The van der Waals surface area contributed by atoms with Crippen molar-refractivity contribution in [1.82, 2.24) is 25.2 Å². The average molecular weight is 265 g/mol. The minimum atomic E-state index is -1.10. The molecule has 0 spiro atoms. The van der Waals surface area contributed by atoms with Gasteiger partial charge in [0.05, 0.1) is 12.7 Å². The SMILES string of the molecule is C#CCN(CC(=O)O)C(=O)NCCCn1ccnn1. The van der Waals surface area contributed by atoms with Gasteiger partial charge in [-0.05, 0) is 6.42 Å². The standard InChI is InChI=1S/C11H15N5O3/c1-2-6-15(9-10(17)18)11(19)12-4-3-7-16-8-5-13-14-16/h1,5,8H,3-4,6-7,9H2,(H,12,19)(H,17,18). The van der Waals surface area contributed by atoms with Crippen molar-refractivity contribution in [3.05, 3.63) is 12.4 Å². The Labute approximate surface area is 110 Å². The Morgan fingerprint density at radius 2 is 2.32 bits per heavy atom. The number of hydrogen-bond acceptors (Lipinski definition) is 4. The highest BCUT2D eigenvalue weighted by molar-refractivity contribution is 5.80. The molecule has 0 aliphatic carbocycles. The van der Waals surface area contributed by atoms with Gasteiger partial charge in [0.25, 0.3) is 0 Å². The topological polar surface area (TPSA) is 100 Å². The molecule has 8 heteroatoms. The molecule has 0 aliphatic rings. The molecule has 0 aromatic carbocycles. The van der Waals surface area contributed by atoms with E-state index in [1.807, 2.05) is 0 Å². The molecule has 0 bridgehead atoms. The van der Waals surface area contributed by atoms with Crippen molar-refractivity contribution in [2.75, 3.05) is 19.6 Å². The molecule has 0 atom stereocenters. The van der Waals surface area contributed by atoms with Crippen molar-refractivity contribution < 1.29 is 14.7 Å². The lowest BCUT2D eigenvalue weighted by atomic mass is 10.4. The van der Waals surface area contributed by atoms with E-state index in [4.69, 9.17) is 11.5 Å². The number of carboxylic acid groups (broad SMARTS) is 1. The first-order chi connectivity index (χ1) is 9.13. The van der Waals surface area contributed by atoms with Crippen LogP contribution in [0.15, 0.2) is 12.4 Å². The van der Waals surface area contributed by atoms with Gasteiger partial charge in [0.2, 0.25) is 0 Å². The van der Waals surface area contributed by atoms with Gasteiger partial charge >= 0.3 is 12.0 Å². The van der Waals surface area contributed by atoms with Crippen molar-refractivity contribution in [3.63, 3.8) is 0 Å². The highest BCUT2D eigenvalue weighted by Gasteiger charge is 2.14. The van der Waals surface area contributed by atoms with E-state index in [0.717, 1.165) is 4.90 Å². The molecular formula is C11H15N5O3. The van der Waals surface area contributed by atoms with E-state index in [9.17, 15) is 9.59 Å².